The molecular formula is C11H14N2O2. The minimum absolute atomic E-state index is 0.0237. The van der Waals surface area contributed by atoms with Gasteiger partial charge in [-0.2, -0.15) is 0 Å². The summed E-state index contributed by atoms with van der Waals surface area (Å²) in [5.74, 6) is 0.103. The number of aromatic hydroxyl groups is 1. The van der Waals surface area contributed by atoms with Gasteiger partial charge in [0.05, 0.1) is 12.1 Å². The Bertz CT molecular complexity index is 379. The molecular weight excluding hydrogens is 192 g/mol. The van der Waals surface area contributed by atoms with Gasteiger partial charge in [0.2, 0.25) is 5.91 Å². The lowest BCUT2D eigenvalue weighted by Crippen LogP contribution is -2.46. The first-order valence-electron chi connectivity index (χ1n) is 5.01. The molecule has 2 rings (SSSR count). The first-order chi connectivity index (χ1) is 7.16. The van der Waals surface area contributed by atoms with Gasteiger partial charge in [-0.3, -0.25) is 4.79 Å². The predicted molar refractivity (Wildman–Crippen MR) is 56.2 cm³/mol. The van der Waals surface area contributed by atoms with Crippen molar-refractivity contribution in [2.24, 2.45) is 5.73 Å². The van der Waals surface area contributed by atoms with Crippen molar-refractivity contribution >= 4 is 5.91 Å². The van der Waals surface area contributed by atoms with Crippen molar-refractivity contribution in [2.45, 2.75) is 24.9 Å². The maximum atomic E-state index is 11.4. The molecule has 1 aliphatic heterocycles. The molecule has 1 heterocycles. The van der Waals surface area contributed by atoms with Crippen LogP contribution in [0.4, 0.5) is 0 Å². The molecule has 4 N–H and O–H groups in total. The molecule has 0 bridgehead atoms. The smallest absolute Gasteiger partial charge is 0.237 e. The van der Waals surface area contributed by atoms with Crippen LogP contribution in [0.5, 0.6) is 5.75 Å². The fraction of sp³-hybridized carbons (Fsp3) is 0.364. The van der Waals surface area contributed by atoms with Crippen molar-refractivity contribution in [1.29, 1.82) is 0 Å². The van der Waals surface area contributed by atoms with E-state index in [0.717, 1.165) is 12.0 Å². The number of benzene rings is 1. The zero-order valence-corrected chi connectivity index (χ0v) is 8.31. The standard InChI is InChI=1S/C11H14N2O2/c12-9-4-5-10(13-11(9)15)7-2-1-3-8(14)6-7/h1-3,6,9-10,14H,4-5,12H2,(H,13,15). The lowest BCUT2D eigenvalue weighted by atomic mass is 9.95. The van der Waals surface area contributed by atoms with Crippen LogP contribution in [-0.2, 0) is 4.79 Å². The maximum absolute atomic E-state index is 11.4. The summed E-state index contributed by atoms with van der Waals surface area (Å²) in [6, 6.07) is 6.53. The van der Waals surface area contributed by atoms with Gasteiger partial charge in [-0.05, 0) is 30.5 Å². The van der Waals surface area contributed by atoms with Gasteiger partial charge in [0.15, 0.2) is 0 Å². The summed E-state index contributed by atoms with van der Waals surface area (Å²) in [6.07, 6.45) is 1.50. The number of rotatable bonds is 1. The molecule has 1 amide bonds. The highest BCUT2D eigenvalue weighted by molar-refractivity contribution is 5.82. The van der Waals surface area contributed by atoms with Crippen LogP contribution in [-0.4, -0.2) is 17.1 Å². The number of amides is 1. The highest BCUT2D eigenvalue weighted by Gasteiger charge is 2.25. The molecule has 4 heteroatoms. The van der Waals surface area contributed by atoms with Crippen LogP contribution in [0.2, 0.25) is 0 Å². The molecule has 1 fully saturated rings. The van der Waals surface area contributed by atoms with Gasteiger partial charge < -0.3 is 16.2 Å². The number of piperidine rings is 1. The van der Waals surface area contributed by atoms with Crippen LogP contribution in [0.25, 0.3) is 0 Å². The Hall–Kier alpha value is -1.55. The zero-order chi connectivity index (χ0) is 10.8. The normalized spacial score (nSPS) is 26.1. The minimum Gasteiger partial charge on any atom is -0.508 e. The maximum Gasteiger partial charge on any atom is 0.237 e. The lowest BCUT2D eigenvalue weighted by Gasteiger charge is -2.27. The Balaban J connectivity index is 2.15. The van der Waals surface area contributed by atoms with E-state index in [4.69, 9.17) is 5.73 Å². The molecule has 2 atom stereocenters. The van der Waals surface area contributed by atoms with Crippen molar-refractivity contribution < 1.29 is 9.90 Å². The van der Waals surface area contributed by atoms with Gasteiger partial charge >= 0.3 is 0 Å². The Morgan fingerprint density at radius 2 is 2.20 bits per heavy atom. The monoisotopic (exact) mass is 206 g/mol. The van der Waals surface area contributed by atoms with E-state index in [2.05, 4.69) is 5.32 Å². The van der Waals surface area contributed by atoms with Gasteiger partial charge in [0.25, 0.3) is 0 Å². The van der Waals surface area contributed by atoms with E-state index in [-0.39, 0.29) is 17.7 Å². The number of carbonyl (C=O) groups is 1. The number of nitrogens with two attached hydrogens (primary N) is 1. The second kappa shape index (κ2) is 3.90. The third-order valence-electron chi connectivity index (χ3n) is 2.69. The van der Waals surface area contributed by atoms with Crippen molar-refractivity contribution in [2.75, 3.05) is 0 Å². The van der Waals surface area contributed by atoms with E-state index in [0.29, 0.717) is 6.42 Å². The molecule has 0 radical (unpaired) electrons. The zero-order valence-electron chi connectivity index (χ0n) is 8.31. The molecule has 4 nitrogen and oxygen atoms in total. The second-order valence-corrected chi connectivity index (χ2v) is 3.84. The molecule has 0 saturated carbocycles. The topological polar surface area (TPSA) is 75.3 Å². The number of nitrogens with one attached hydrogen (secondary N) is 1. The van der Waals surface area contributed by atoms with Crippen molar-refractivity contribution in [3.05, 3.63) is 29.8 Å². The number of carbonyl (C=O) groups excluding carboxylic acids is 1. The summed E-state index contributed by atoms with van der Waals surface area (Å²) in [4.78, 5) is 11.4. The molecule has 1 saturated heterocycles. The van der Waals surface area contributed by atoms with Crippen LogP contribution in [0.1, 0.15) is 24.4 Å². The Morgan fingerprint density at radius 1 is 1.40 bits per heavy atom. The Morgan fingerprint density at radius 3 is 2.87 bits per heavy atom. The summed E-state index contributed by atoms with van der Waals surface area (Å²) in [5, 5.41) is 12.2. The van der Waals surface area contributed by atoms with Crippen molar-refractivity contribution in [3.63, 3.8) is 0 Å². The second-order valence-electron chi connectivity index (χ2n) is 3.84. The third kappa shape index (κ3) is 2.10. The molecule has 80 valence electrons. The van der Waals surface area contributed by atoms with Crippen LogP contribution >= 0.6 is 0 Å². The van der Waals surface area contributed by atoms with Gasteiger partial charge in [-0.15, -0.1) is 0 Å². The average Bonchev–Trinajstić information content (AvgIpc) is 2.22. The molecule has 0 aromatic heterocycles. The van der Waals surface area contributed by atoms with Crippen molar-refractivity contribution in [1.82, 2.24) is 5.32 Å². The summed E-state index contributed by atoms with van der Waals surface area (Å²) >= 11 is 0. The summed E-state index contributed by atoms with van der Waals surface area (Å²) in [5.41, 5.74) is 6.51. The van der Waals surface area contributed by atoms with Crippen LogP contribution in [0, 0.1) is 0 Å². The van der Waals surface area contributed by atoms with Gasteiger partial charge in [-0.1, -0.05) is 12.1 Å². The van der Waals surface area contributed by atoms with Gasteiger partial charge in [0, 0.05) is 0 Å². The molecule has 0 aliphatic carbocycles. The fourth-order valence-electron chi connectivity index (χ4n) is 1.82. The number of hydrogen-bond acceptors (Lipinski definition) is 3. The van der Waals surface area contributed by atoms with E-state index in [1.54, 1.807) is 18.2 Å². The third-order valence-corrected chi connectivity index (χ3v) is 2.69. The summed E-state index contributed by atoms with van der Waals surface area (Å²) < 4.78 is 0. The average molecular weight is 206 g/mol. The number of phenols is 1. The quantitative estimate of drug-likeness (QED) is 0.632. The fourth-order valence-corrected chi connectivity index (χ4v) is 1.82. The van der Waals surface area contributed by atoms with Crippen LogP contribution in [0.15, 0.2) is 24.3 Å². The molecule has 15 heavy (non-hydrogen) atoms. The first-order valence-corrected chi connectivity index (χ1v) is 5.01. The molecule has 1 aromatic rings. The van der Waals surface area contributed by atoms with E-state index in [9.17, 15) is 9.90 Å². The van der Waals surface area contributed by atoms with E-state index >= 15 is 0 Å². The first kappa shape index (κ1) is 9.98. The largest absolute Gasteiger partial charge is 0.508 e. The number of hydrogen-bond donors (Lipinski definition) is 3. The van der Waals surface area contributed by atoms with E-state index in [1.165, 1.54) is 0 Å². The predicted octanol–water partition coefficient (Wildman–Crippen LogP) is 0.671. The molecule has 1 aromatic carbocycles. The lowest BCUT2D eigenvalue weighted by molar-refractivity contribution is -0.124. The molecule has 1 aliphatic rings. The van der Waals surface area contributed by atoms with E-state index in [1.807, 2.05) is 6.07 Å². The van der Waals surface area contributed by atoms with Gasteiger partial charge in [0.1, 0.15) is 5.75 Å². The van der Waals surface area contributed by atoms with Crippen LogP contribution in [0.3, 0.4) is 0 Å². The summed E-state index contributed by atoms with van der Waals surface area (Å²) in [6.45, 7) is 0. The highest BCUT2D eigenvalue weighted by atomic mass is 16.3. The minimum atomic E-state index is -0.390. The molecule has 0 spiro atoms. The Kier molecular flexibility index (Phi) is 2.60. The highest BCUT2D eigenvalue weighted by Crippen LogP contribution is 2.25. The Labute approximate surface area is 88.1 Å². The molecule has 2 unspecified atom stereocenters. The SMILES string of the molecule is NC1CCC(c2cccc(O)c2)NC1=O. The van der Waals surface area contributed by atoms with Gasteiger partial charge in [-0.25, -0.2) is 0 Å². The number of phenolic OH excluding ortho intramolecular Hbond substituents is 1. The summed E-state index contributed by atoms with van der Waals surface area (Å²) in [7, 11) is 0. The van der Waals surface area contributed by atoms with Crippen LogP contribution < -0.4 is 11.1 Å². The van der Waals surface area contributed by atoms with Crippen molar-refractivity contribution in [3.8, 4) is 5.75 Å². The van der Waals surface area contributed by atoms with E-state index < -0.39 is 6.04 Å².